The van der Waals surface area contributed by atoms with Crippen molar-refractivity contribution in [3.8, 4) is 5.75 Å². The number of esters is 1. The van der Waals surface area contributed by atoms with Crippen LogP contribution in [0.5, 0.6) is 5.75 Å². The molecule has 0 saturated heterocycles. The number of phenols is 1. The minimum absolute atomic E-state index is 0.127. The molecular weight excluding hydrogens is 300 g/mol. The van der Waals surface area contributed by atoms with Crippen molar-refractivity contribution < 1.29 is 14.6 Å². The van der Waals surface area contributed by atoms with Crippen LogP contribution in [0.4, 0.5) is 0 Å². The Morgan fingerprint density at radius 1 is 1.00 bits per heavy atom. The van der Waals surface area contributed by atoms with Crippen LogP contribution in [0.2, 0.25) is 0 Å². The lowest BCUT2D eigenvalue weighted by Crippen LogP contribution is -2.08. The number of carbonyl (C=O) groups excluding carboxylic acids is 1. The highest BCUT2D eigenvalue weighted by atomic mass is 16.5. The molecule has 0 aliphatic heterocycles. The Morgan fingerprint density at radius 3 is 2.46 bits per heavy atom. The van der Waals surface area contributed by atoms with Crippen molar-refractivity contribution in [2.45, 2.75) is 84.5 Å². The van der Waals surface area contributed by atoms with Gasteiger partial charge in [0.2, 0.25) is 0 Å². The Kier molecular flexibility index (Phi) is 11.0. The first-order valence-electron chi connectivity index (χ1n) is 9.55. The van der Waals surface area contributed by atoms with Gasteiger partial charge in [-0.15, -0.1) is 0 Å². The molecule has 1 radical (unpaired) electrons. The van der Waals surface area contributed by atoms with Gasteiger partial charge in [0.05, 0.1) is 6.61 Å². The van der Waals surface area contributed by atoms with E-state index in [1.54, 1.807) is 12.1 Å². The standard InChI is InChI=1S/C21H33O3/c1-3-5-7-8-9-10-16-24-21(23)15-13-18-12-14-20(22)17-19(18)11-6-4-2/h12,17,22H,3-11,13,15-16H2,1-2H3. The van der Waals surface area contributed by atoms with E-state index in [1.165, 1.54) is 25.7 Å². The highest BCUT2D eigenvalue weighted by Gasteiger charge is 2.08. The molecule has 0 unspecified atom stereocenters. The van der Waals surface area contributed by atoms with Crippen molar-refractivity contribution in [1.82, 2.24) is 0 Å². The maximum Gasteiger partial charge on any atom is 0.306 e. The van der Waals surface area contributed by atoms with Gasteiger partial charge in [-0.05, 0) is 48.9 Å². The summed E-state index contributed by atoms with van der Waals surface area (Å²) < 4.78 is 5.32. The van der Waals surface area contributed by atoms with Gasteiger partial charge < -0.3 is 9.84 Å². The molecule has 1 aromatic rings. The number of ether oxygens (including phenoxy) is 1. The van der Waals surface area contributed by atoms with E-state index in [-0.39, 0.29) is 11.7 Å². The van der Waals surface area contributed by atoms with Crippen molar-refractivity contribution in [1.29, 1.82) is 0 Å². The summed E-state index contributed by atoms with van der Waals surface area (Å²) in [5.74, 6) is 0.0496. The molecule has 0 saturated carbocycles. The Hall–Kier alpha value is -1.51. The number of hydrogen-bond acceptors (Lipinski definition) is 3. The Morgan fingerprint density at radius 2 is 1.71 bits per heavy atom. The van der Waals surface area contributed by atoms with Gasteiger partial charge >= 0.3 is 5.97 Å². The van der Waals surface area contributed by atoms with Crippen LogP contribution in [0.25, 0.3) is 0 Å². The predicted molar refractivity (Wildman–Crippen MR) is 98.2 cm³/mol. The molecule has 1 rings (SSSR count). The second kappa shape index (κ2) is 12.9. The van der Waals surface area contributed by atoms with E-state index in [0.29, 0.717) is 19.4 Å². The van der Waals surface area contributed by atoms with Crippen molar-refractivity contribution in [2.24, 2.45) is 0 Å². The van der Waals surface area contributed by atoms with Crippen LogP contribution in [-0.4, -0.2) is 17.7 Å². The maximum absolute atomic E-state index is 11.9. The molecular formula is C21H33O3. The van der Waals surface area contributed by atoms with Gasteiger partial charge in [0.15, 0.2) is 0 Å². The van der Waals surface area contributed by atoms with Gasteiger partial charge in [0.25, 0.3) is 0 Å². The Balaban J connectivity index is 2.26. The average molecular weight is 333 g/mol. The predicted octanol–water partition coefficient (Wildman–Crippen LogP) is 5.37. The highest BCUT2D eigenvalue weighted by Crippen LogP contribution is 2.20. The van der Waals surface area contributed by atoms with Gasteiger partial charge in [0, 0.05) is 12.5 Å². The highest BCUT2D eigenvalue weighted by molar-refractivity contribution is 5.69. The molecule has 0 aromatic heterocycles. The molecule has 3 nitrogen and oxygen atoms in total. The lowest BCUT2D eigenvalue weighted by atomic mass is 9.98. The third-order valence-electron chi connectivity index (χ3n) is 4.28. The largest absolute Gasteiger partial charge is 0.507 e. The summed E-state index contributed by atoms with van der Waals surface area (Å²) in [5.41, 5.74) is 2.22. The summed E-state index contributed by atoms with van der Waals surface area (Å²) in [4.78, 5) is 11.9. The van der Waals surface area contributed by atoms with E-state index >= 15 is 0 Å². The first-order valence-corrected chi connectivity index (χ1v) is 9.55. The number of aromatic hydroxyl groups is 1. The van der Waals surface area contributed by atoms with E-state index < -0.39 is 0 Å². The number of aryl methyl sites for hydroxylation is 2. The quantitative estimate of drug-likeness (QED) is 0.390. The molecule has 24 heavy (non-hydrogen) atoms. The van der Waals surface area contributed by atoms with E-state index in [1.807, 2.05) is 0 Å². The minimum atomic E-state index is -0.127. The Bertz CT molecular complexity index is 468. The number of unbranched alkanes of at least 4 members (excludes halogenated alkanes) is 6. The molecule has 1 N–H and O–H groups in total. The van der Waals surface area contributed by atoms with Crippen LogP contribution in [-0.2, 0) is 22.4 Å². The summed E-state index contributed by atoms with van der Waals surface area (Å²) >= 11 is 0. The van der Waals surface area contributed by atoms with E-state index in [9.17, 15) is 9.90 Å². The molecule has 0 aliphatic carbocycles. The Labute approximate surface area is 147 Å². The molecule has 0 amide bonds. The average Bonchev–Trinajstić information content (AvgIpc) is 2.58. The molecule has 0 atom stereocenters. The zero-order chi connectivity index (χ0) is 17.6. The lowest BCUT2D eigenvalue weighted by Gasteiger charge is -2.10. The summed E-state index contributed by atoms with van der Waals surface area (Å²) in [6.07, 6.45) is 11.3. The van der Waals surface area contributed by atoms with Crippen LogP contribution in [0.1, 0.15) is 82.8 Å². The van der Waals surface area contributed by atoms with Gasteiger partial charge in [-0.2, -0.15) is 0 Å². The summed E-state index contributed by atoms with van der Waals surface area (Å²) in [6.45, 7) is 4.89. The third kappa shape index (κ3) is 8.95. The van der Waals surface area contributed by atoms with Gasteiger partial charge in [-0.25, -0.2) is 0 Å². The van der Waals surface area contributed by atoms with E-state index in [0.717, 1.165) is 43.2 Å². The second-order valence-corrected chi connectivity index (χ2v) is 6.46. The van der Waals surface area contributed by atoms with Crippen LogP contribution >= 0.6 is 0 Å². The molecule has 0 heterocycles. The van der Waals surface area contributed by atoms with Crippen LogP contribution < -0.4 is 0 Å². The number of carbonyl (C=O) groups is 1. The number of benzene rings is 1. The molecule has 1 aromatic carbocycles. The van der Waals surface area contributed by atoms with Crippen LogP contribution in [0.15, 0.2) is 12.1 Å². The fourth-order valence-corrected chi connectivity index (χ4v) is 2.76. The summed E-state index contributed by atoms with van der Waals surface area (Å²) in [6, 6.07) is 6.40. The monoisotopic (exact) mass is 333 g/mol. The van der Waals surface area contributed by atoms with Crippen molar-refractivity contribution >= 4 is 5.97 Å². The SMILES string of the molecule is CCCCCCCCOC(=O)CCc1c[c]c(O)cc1CCCC. The number of phenolic OH excluding ortho intramolecular Hbond substituents is 1. The van der Waals surface area contributed by atoms with Gasteiger partial charge in [-0.3, -0.25) is 4.79 Å². The van der Waals surface area contributed by atoms with E-state index in [2.05, 4.69) is 19.9 Å². The first-order chi connectivity index (χ1) is 11.7. The van der Waals surface area contributed by atoms with Crippen molar-refractivity contribution in [3.05, 3.63) is 29.3 Å². The molecule has 135 valence electrons. The smallest absolute Gasteiger partial charge is 0.306 e. The fourth-order valence-electron chi connectivity index (χ4n) is 2.76. The molecule has 0 spiro atoms. The first kappa shape index (κ1) is 20.5. The second-order valence-electron chi connectivity index (χ2n) is 6.46. The summed E-state index contributed by atoms with van der Waals surface area (Å²) in [5, 5.41) is 9.59. The van der Waals surface area contributed by atoms with Crippen LogP contribution in [0, 0.1) is 6.07 Å². The van der Waals surface area contributed by atoms with Crippen molar-refractivity contribution in [3.63, 3.8) is 0 Å². The third-order valence-corrected chi connectivity index (χ3v) is 4.28. The molecule has 3 heteroatoms. The number of rotatable bonds is 13. The lowest BCUT2D eigenvalue weighted by molar-refractivity contribution is -0.143. The van der Waals surface area contributed by atoms with Gasteiger partial charge in [-0.1, -0.05) is 52.4 Å². The van der Waals surface area contributed by atoms with Gasteiger partial charge in [0.1, 0.15) is 5.75 Å². The summed E-state index contributed by atoms with van der Waals surface area (Å²) in [7, 11) is 0. The fraction of sp³-hybridized carbons (Fsp3) is 0.667. The topological polar surface area (TPSA) is 46.5 Å². The number of hydrogen-bond donors (Lipinski definition) is 1. The normalized spacial score (nSPS) is 10.8. The van der Waals surface area contributed by atoms with Crippen molar-refractivity contribution in [2.75, 3.05) is 6.61 Å². The minimum Gasteiger partial charge on any atom is -0.507 e. The molecule has 0 fully saturated rings. The maximum atomic E-state index is 11.9. The zero-order valence-corrected chi connectivity index (χ0v) is 15.4. The molecule has 0 aliphatic rings. The molecule has 0 bridgehead atoms. The van der Waals surface area contributed by atoms with E-state index in [4.69, 9.17) is 4.74 Å². The van der Waals surface area contributed by atoms with Crippen LogP contribution in [0.3, 0.4) is 0 Å². The zero-order valence-electron chi connectivity index (χ0n) is 15.4.